The predicted molar refractivity (Wildman–Crippen MR) is 127 cm³/mol. The minimum absolute atomic E-state index is 0.143. The molecule has 3 aromatic rings. The van der Waals surface area contributed by atoms with Gasteiger partial charge < -0.3 is 9.64 Å². The average molecular weight is 479 g/mol. The summed E-state index contributed by atoms with van der Waals surface area (Å²) in [6.07, 6.45) is 2.98. The lowest BCUT2D eigenvalue weighted by Gasteiger charge is -2.18. The number of fused-ring (bicyclic) bond motifs is 1. The second-order valence-electron chi connectivity index (χ2n) is 6.58. The normalized spacial score (nSPS) is 12.5. The lowest BCUT2D eigenvalue weighted by molar-refractivity contribution is -0.135. The maximum Gasteiger partial charge on any atom is 0.333 e. The first-order valence-corrected chi connectivity index (χ1v) is 11.9. The Morgan fingerprint density at radius 3 is 2.52 bits per heavy atom. The fourth-order valence-electron chi connectivity index (χ4n) is 3.13. The number of halogens is 1. The Kier molecular flexibility index (Phi) is 7.69. The van der Waals surface area contributed by atoms with Crippen LogP contribution in [0.1, 0.15) is 25.6 Å². The SMILES string of the molecule is CCOC(=O)C=c1sc(=Cc2sc3ccccc3c2Cl)c(=O)n1CC(=O)N(CC)CC. The van der Waals surface area contributed by atoms with Gasteiger partial charge in [-0.15, -0.1) is 22.7 Å². The molecule has 0 aliphatic heterocycles. The Balaban J connectivity index is 2.15. The molecule has 0 aliphatic carbocycles. The molecule has 31 heavy (non-hydrogen) atoms. The summed E-state index contributed by atoms with van der Waals surface area (Å²) in [6, 6.07) is 7.75. The summed E-state index contributed by atoms with van der Waals surface area (Å²) in [4.78, 5) is 40.2. The molecule has 0 unspecified atom stereocenters. The van der Waals surface area contributed by atoms with Crippen molar-refractivity contribution < 1.29 is 14.3 Å². The van der Waals surface area contributed by atoms with Gasteiger partial charge in [-0.05, 0) is 32.9 Å². The number of esters is 1. The van der Waals surface area contributed by atoms with Crippen LogP contribution in [0.3, 0.4) is 0 Å². The molecule has 1 aromatic carbocycles. The average Bonchev–Trinajstić information content (AvgIpc) is 3.21. The van der Waals surface area contributed by atoms with Crippen LogP contribution < -0.4 is 14.8 Å². The molecule has 3 rings (SSSR count). The number of thiazole rings is 1. The van der Waals surface area contributed by atoms with Crippen LogP contribution in [0.15, 0.2) is 29.1 Å². The minimum Gasteiger partial charge on any atom is -0.463 e. The van der Waals surface area contributed by atoms with Gasteiger partial charge in [0.15, 0.2) is 0 Å². The van der Waals surface area contributed by atoms with E-state index in [-0.39, 0.29) is 24.6 Å². The molecule has 164 valence electrons. The van der Waals surface area contributed by atoms with E-state index >= 15 is 0 Å². The number of rotatable bonds is 7. The molecule has 9 heteroatoms. The molecule has 0 spiro atoms. The number of benzene rings is 1. The number of ether oxygens (including phenoxy) is 1. The third kappa shape index (κ3) is 5.08. The van der Waals surface area contributed by atoms with E-state index in [1.807, 2.05) is 38.1 Å². The summed E-state index contributed by atoms with van der Waals surface area (Å²) in [5.74, 6) is -0.742. The Labute approximate surface area is 192 Å². The molecule has 0 N–H and O–H groups in total. The van der Waals surface area contributed by atoms with Crippen molar-refractivity contribution in [2.75, 3.05) is 19.7 Å². The molecule has 2 aromatic heterocycles. The van der Waals surface area contributed by atoms with Gasteiger partial charge in [-0.1, -0.05) is 29.8 Å². The summed E-state index contributed by atoms with van der Waals surface area (Å²) in [5.41, 5.74) is -0.338. The van der Waals surface area contributed by atoms with Crippen LogP contribution in [0.5, 0.6) is 0 Å². The topological polar surface area (TPSA) is 68.6 Å². The van der Waals surface area contributed by atoms with E-state index in [1.165, 1.54) is 22.0 Å². The molecule has 2 heterocycles. The van der Waals surface area contributed by atoms with E-state index in [4.69, 9.17) is 16.3 Å². The number of carbonyl (C=O) groups is 2. The van der Waals surface area contributed by atoms with Crippen LogP contribution in [0.2, 0.25) is 5.02 Å². The highest BCUT2D eigenvalue weighted by Crippen LogP contribution is 2.35. The number of thiophene rings is 1. The van der Waals surface area contributed by atoms with Gasteiger partial charge in [0.05, 0.1) is 22.2 Å². The predicted octanol–water partition coefficient (Wildman–Crippen LogP) is 2.82. The van der Waals surface area contributed by atoms with Crippen molar-refractivity contribution in [2.45, 2.75) is 27.3 Å². The highest BCUT2D eigenvalue weighted by atomic mass is 35.5. The zero-order valence-electron chi connectivity index (χ0n) is 17.5. The van der Waals surface area contributed by atoms with Crippen LogP contribution in [-0.2, 0) is 20.9 Å². The number of hydrogen-bond acceptors (Lipinski definition) is 6. The fraction of sp³-hybridized carbons (Fsp3) is 0.318. The molecule has 0 saturated heterocycles. The highest BCUT2D eigenvalue weighted by Gasteiger charge is 2.15. The Bertz CT molecular complexity index is 1290. The van der Waals surface area contributed by atoms with Gasteiger partial charge in [-0.2, -0.15) is 0 Å². The molecule has 0 bridgehead atoms. The van der Waals surface area contributed by atoms with Crippen molar-refractivity contribution in [3.05, 3.63) is 53.7 Å². The summed E-state index contributed by atoms with van der Waals surface area (Å²) in [6.45, 7) is 6.64. The van der Waals surface area contributed by atoms with E-state index in [0.717, 1.165) is 26.3 Å². The number of aromatic nitrogens is 1. The van der Waals surface area contributed by atoms with Crippen molar-refractivity contribution in [3.63, 3.8) is 0 Å². The number of likely N-dealkylation sites (N-methyl/N-ethyl adjacent to an activating group) is 1. The first-order valence-electron chi connectivity index (χ1n) is 9.94. The summed E-state index contributed by atoms with van der Waals surface area (Å²) in [7, 11) is 0. The van der Waals surface area contributed by atoms with Gasteiger partial charge in [-0.25, -0.2) is 4.79 Å². The molecular formula is C22H23ClN2O4S2. The monoisotopic (exact) mass is 478 g/mol. The maximum absolute atomic E-state index is 13.2. The van der Waals surface area contributed by atoms with Crippen molar-refractivity contribution in [1.82, 2.24) is 9.47 Å². The molecule has 0 radical (unpaired) electrons. The van der Waals surface area contributed by atoms with Crippen LogP contribution >= 0.6 is 34.3 Å². The van der Waals surface area contributed by atoms with E-state index in [0.29, 0.717) is 27.3 Å². The van der Waals surface area contributed by atoms with Gasteiger partial charge in [0, 0.05) is 28.1 Å². The minimum atomic E-state index is -0.556. The Morgan fingerprint density at radius 2 is 1.87 bits per heavy atom. The number of amides is 1. The van der Waals surface area contributed by atoms with E-state index < -0.39 is 5.97 Å². The van der Waals surface area contributed by atoms with Crippen LogP contribution in [-0.4, -0.2) is 41.0 Å². The van der Waals surface area contributed by atoms with Crippen LogP contribution in [0.4, 0.5) is 0 Å². The third-order valence-corrected chi connectivity index (χ3v) is 7.39. The van der Waals surface area contributed by atoms with Crippen molar-refractivity contribution in [1.29, 1.82) is 0 Å². The molecule has 1 amide bonds. The molecule has 0 saturated carbocycles. The Hall–Kier alpha value is -2.42. The van der Waals surface area contributed by atoms with Crippen molar-refractivity contribution >= 4 is 68.4 Å². The van der Waals surface area contributed by atoms with Gasteiger partial charge in [0.2, 0.25) is 5.91 Å². The zero-order chi connectivity index (χ0) is 22.5. The first-order chi connectivity index (χ1) is 14.9. The zero-order valence-corrected chi connectivity index (χ0v) is 19.9. The first kappa shape index (κ1) is 23.2. The second-order valence-corrected chi connectivity index (χ2v) is 9.10. The number of hydrogen-bond donors (Lipinski definition) is 0. The lowest BCUT2D eigenvalue weighted by Crippen LogP contribution is -2.40. The molecule has 6 nitrogen and oxygen atoms in total. The smallest absolute Gasteiger partial charge is 0.333 e. The van der Waals surface area contributed by atoms with Crippen molar-refractivity contribution in [3.8, 4) is 0 Å². The summed E-state index contributed by atoms with van der Waals surface area (Å²) in [5, 5.41) is 1.50. The maximum atomic E-state index is 13.2. The number of nitrogens with zero attached hydrogens (tertiary/aromatic N) is 2. The van der Waals surface area contributed by atoms with Gasteiger partial charge in [0.1, 0.15) is 11.2 Å². The van der Waals surface area contributed by atoms with Crippen molar-refractivity contribution in [2.24, 2.45) is 0 Å². The molecule has 0 fully saturated rings. The largest absolute Gasteiger partial charge is 0.463 e. The standard InChI is InChI=1S/C22H23ClN2O4S2/c1-4-24(5-2)18(26)13-25-19(12-20(27)29-6-3)31-17(22(25)28)11-16-21(23)14-9-7-8-10-15(14)30-16/h7-12H,4-6,13H2,1-3H3. The van der Waals surface area contributed by atoms with Gasteiger partial charge in [-0.3, -0.25) is 14.2 Å². The summed E-state index contributed by atoms with van der Waals surface area (Å²) >= 11 is 9.15. The molecular weight excluding hydrogens is 456 g/mol. The number of carbonyl (C=O) groups excluding carboxylic acids is 2. The van der Waals surface area contributed by atoms with E-state index in [1.54, 1.807) is 17.9 Å². The van der Waals surface area contributed by atoms with Crippen LogP contribution in [0, 0.1) is 0 Å². The van der Waals surface area contributed by atoms with E-state index in [2.05, 4.69) is 0 Å². The summed E-state index contributed by atoms with van der Waals surface area (Å²) < 4.78 is 8.11. The second kappa shape index (κ2) is 10.3. The third-order valence-electron chi connectivity index (χ3n) is 4.70. The fourth-order valence-corrected chi connectivity index (χ4v) is 5.65. The van der Waals surface area contributed by atoms with Gasteiger partial charge >= 0.3 is 5.97 Å². The molecule has 0 atom stereocenters. The Morgan fingerprint density at radius 1 is 1.16 bits per heavy atom. The quantitative estimate of drug-likeness (QED) is 0.490. The van der Waals surface area contributed by atoms with Crippen LogP contribution in [0.25, 0.3) is 22.2 Å². The van der Waals surface area contributed by atoms with E-state index in [9.17, 15) is 14.4 Å². The molecule has 0 aliphatic rings. The van der Waals surface area contributed by atoms with Gasteiger partial charge in [0.25, 0.3) is 5.56 Å². The highest BCUT2D eigenvalue weighted by molar-refractivity contribution is 7.20. The lowest BCUT2D eigenvalue weighted by atomic mass is 10.2.